The van der Waals surface area contributed by atoms with E-state index >= 15 is 0 Å². The van der Waals surface area contributed by atoms with Crippen molar-refractivity contribution in [1.82, 2.24) is 4.90 Å². The van der Waals surface area contributed by atoms with E-state index in [2.05, 4.69) is 25.7 Å². The second kappa shape index (κ2) is 6.65. The summed E-state index contributed by atoms with van der Waals surface area (Å²) in [7, 11) is 0. The summed E-state index contributed by atoms with van der Waals surface area (Å²) in [6, 6.07) is 6.43. The Hall–Kier alpha value is -1.97. The summed E-state index contributed by atoms with van der Waals surface area (Å²) in [4.78, 5) is 14.7. The minimum Gasteiger partial charge on any atom is -0.454 e. The number of ether oxygens (including phenoxy) is 2. The average molecular weight is 315 g/mol. The van der Waals surface area contributed by atoms with Crippen LogP contribution in [0, 0.1) is 5.92 Å². The van der Waals surface area contributed by atoms with Crippen molar-refractivity contribution in [1.29, 1.82) is 0 Å². The molecular weight excluding hydrogens is 290 g/mol. The van der Waals surface area contributed by atoms with Gasteiger partial charge in [-0.2, -0.15) is 0 Å². The monoisotopic (exact) mass is 315 g/mol. The highest BCUT2D eigenvalue weighted by molar-refractivity contribution is 5.92. The summed E-state index contributed by atoms with van der Waals surface area (Å²) < 4.78 is 10.7. The number of amides is 1. The number of benzene rings is 1. The highest BCUT2D eigenvalue weighted by Crippen LogP contribution is 2.34. The number of hydrogen-bond acceptors (Lipinski definition) is 3. The second-order valence-electron chi connectivity index (χ2n) is 6.55. The summed E-state index contributed by atoms with van der Waals surface area (Å²) in [5.41, 5.74) is 0.953. The van der Waals surface area contributed by atoms with Crippen molar-refractivity contribution in [2.45, 2.75) is 52.1 Å². The van der Waals surface area contributed by atoms with Gasteiger partial charge in [0.2, 0.25) is 12.7 Å². The first-order valence-electron chi connectivity index (χ1n) is 8.50. The smallest absolute Gasteiger partial charge is 0.247 e. The number of fused-ring (bicyclic) bond motifs is 1. The average Bonchev–Trinajstić information content (AvgIpc) is 3.28. The Labute approximate surface area is 138 Å². The standard InChI is InChI=1S/C19H25NO3/c1-4-13(2)14(3)20(16-7-8-16)19(21)10-6-15-5-9-17-18(11-15)23-12-22-17/h5-6,9-11,13-14,16H,4,7-8,12H2,1-3H3. The first kappa shape index (κ1) is 15.9. The molecule has 0 bridgehead atoms. The van der Waals surface area contributed by atoms with E-state index in [1.807, 2.05) is 24.3 Å². The van der Waals surface area contributed by atoms with Crippen LogP contribution in [0.2, 0.25) is 0 Å². The van der Waals surface area contributed by atoms with E-state index in [0.717, 1.165) is 36.3 Å². The molecule has 2 unspecified atom stereocenters. The Morgan fingerprint density at radius 2 is 2.04 bits per heavy atom. The van der Waals surface area contributed by atoms with Crippen molar-refractivity contribution in [3.8, 4) is 11.5 Å². The lowest BCUT2D eigenvalue weighted by Gasteiger charge is -2.32. The molecule has 2 atom stereocenters. The number of nitrogens with zero attached hydrogens (tertiary/aromatic N) is 1. The maximum Gasteiger partial charge on any atom is 0.247 e. The van der Waals surface area contributed by atoms with Crippen molar-refractivity contribution in [2.75, 3.05) is 6.79 Å². The highest BCUT2D eigenvalue weighted by Gasteiger charge is 2.36. The largest absolute Gasteiger partial charge is 0.454 e. The molecule has 0 aromatic heterocycles. The molecule has 0 radical (unpaired) electrons. The van der Waals surface area contributed by atoms with E-state index in [0.29, 0.717) is 12.0 Å². The fourth-order valence-corrected chi connectivity index (χ4v) is 2.95. The zero-order valence-corrected chi connectivity index (χ0v) is 14.1. The maximum atomic E-state index is 12.7. The molecule has 4 heteroatoms. The third-order valence-corrected chi connectivity index (χ3v) is 4.92. The minimum atomic E-state index is 0.109. The van der Waals surface area contributed by atoms with Crippen LogP contribution in [-0.2, 0) is 4.79 Å². The summed E-state index contributed by atoms with van der Waals surface area (Å²) in [6.45, 7) is 6.83. The lowest BCUT2D eigenvalue weighted by Crippen LogP contribution is -2.42. The Bertz CT molecular complexity index is 607. The van der Waals surface area contributed by atoms with Crippen LogP contribution >= 0.6 is 0 Å². The van der Waals surface area contributed by atoms with E-state index in [-0.39, 0.29) is 18.7 Å². The van der Waals surface area contributed by atoms with Crippen LogP contribution in [0.5, 0.6) is 11.5 Å². The number of carbonyl (C=O) groups excluding carboxylic acids is 1. The van der Waals surface area contributed by atoms with Crippen molar-refractivity contribution >= 4 is 12.0 Å². The quantitative estimate of drug-likeness (QED) is 0.748. The van der Waals surface area contributed by atoms with Gasteiger partial charge < -0.3 is 14.4 Å². The second-order valence-corrected chi connectivity index (χ2v) is 6.55. The van der Waals surface area contributed by atoms with Crippen LogP contribution in [0.3, 0.4) is 0 Å². The van der Waals surface area contributed by atoms with Gasteiger partial charge in [0, 0.05) is 18.2 Å². The van der Waals surface area contributed by atoms with Gasteiger partial charge in [-0.3, -0.25) is 4.79 Å². The van der Waals surface area contributed by atoms with Gasteiger partial charge in [-0.15, -0.1) is 0 Å². The Balaban J connectivity index is 1.71. The van der Waals surface area contributed by atoms with Crippen LogP contribution in [0.25, 0.3) is 6.08 Å². The van der Waals surface area contributed by atoms with Gasteiger partial charge >= 0.3 is 0 Å². The van der Waals surface area contributed by atoms with Crippen LogP contribution in [0.4, 0.5) is 0 Å². The Morgan fingerprint density at radius 1 is 1.30 bits per heavy atom. The lowest BCUT2D eigenvalue weighted by molar-refractivity contribution is -0.129. The molecule has 1 aliphatic heterocycles. The van der Waals surface area contributed by atoms with Gasteiger partial charge in [0.25, 0.3) is 0 Å². The van der Waals surface area contributed by atoms with Crippen LogP contribution in [-0.4, -0.2) is 29.7 Å². The molecule has 124 valence electrons. The van der Waals surface area contributed by atoms with Gasteiger partial charge in [0.15, 0.2) is 11.5 Å². The van der Waals surface area contributed by atoms with E-state index < -0.39 is 0 Å². The molecule has 23 heavy (non-hydrogen) atoms. The van der Waals surface area contributed by atoms with Gasteiger partial charge in [-0.1, -0.05) is 26.3 Å². The molecule has 4 nitrogen and oxygen atoms in total. The third kappa shape index (κ3) is 3.52. The molecule has 0 spiro atoms. The molecule has 1 aromatic carbocycles. The van der Waals surface area contributed by atoms with Crippen LogP contribution in [0.15, 0.2) is 24.3 Å². The minimum absolute atomic E-state index is 0.109. The highest BCUT2D eigenvalue weighted by atomic mass is 16.7. The fraction of sp³-hybridized carbons (Fsp3) is 0.526. The van der Waals surface area contributed by atoms with E-state index in [4.69, 9.17) is 9.47 Å². The van der Waals surface area contributed by atoms with Gasteiger partial charge in [0.05, 0.1) is 0 Å². The normalized spacial score (nSPS) is 18.9. The molecule has 1 amide bonds. The summed E-state index contributed by atoms with van der Waals surface area (Å²) >= 11 is 0. The van der Waals surface area contributed by atoms with Gasteiger partial charge in [-0.25, -0.2) is 0 Å². The third-order valence-electron chi connectivity index (χ3n) is 4.92. The molecule has 3 rings (SSSR count). The molecular formula is C19H25NO3. The van der Waals surface area contributed by atoms with Gasteiger partial charge in [-0.05, 0) is 49.5 Å². The van der Waals surface area contributed by atoms with Gasteiger partial charge in [0.1, 0.15) is 0 Å². The zero-order chi connectivity index (χ0) is 16.4. The topological polar surface area (TPSA) is 38.8 Å². The predicted octanol–water partition coefficient (Wildman–Crippen LogP) is 3.85. The first-order valence-corrected chi connectivity index (χ1v) is 8.50. The molecule has 1 aromatic rings. The summed E-state index contributed by atoms with van der Waals surface area (Å²) in [5.74, 6) is 2.13. The molecule has 1 fully saturated rings. The Morgan fingerprint density at radius 3 is 2.74 bits per heavy atom. The summed E-state index contributed by atoms with van der Waals surface area (Å²) in [5, 5.41) is 0. The zero-order valence-electron chi connectivity index (χ0n) is 14.1. The molecule has 1 aliphatic carbocycles. The predicted molar refractivity (Wildman–Crippen MR) is 90.4 cm³/mol. The van der Waals surface area contributed by atoms with Crippen molar-refractivity contribution < 1.29 is 14.3 Å². The number of rotatable bonds is 6. The Kier molecular flexibility index (Phi) is 4.60. The van der Waals surface area contributed by atoms with Crippen LogP contribution < -0.4 is 9.47 Å². The lowest BCUT2D eigenvalue weighted by atomic mass is 9.99. The molecule has 2 aliphatic rings. The number of carbonyl (C=O) groups is 1. The van der Waals surface area contributed by atoms with E-state index in [1.54, 1.807) is 6.08 Å². The fourth-order valence-electron chi connectivity index (χ4n) is 2.95. The summed E-state index contributed by atoms with van der Waals surface area (Å²) in [6.07, 6.45) is 6.90. The van der Waals surface area contributed by atoms with E-state index in [1.165, 1.54) is 0 Å². The van der Waals surface area contributed by atoms with E-state index in [9.17, 15) is 4.79 Å². The molecule has 1 saturated carbocycles. The van der Waals surface area contributed by atoms with Crippen molar-refractivity contribution in [2.24, 2.45) is 5.92 Å². The van der Waals surface area contributed by atoms with Crippen molar-refractivity contribution in [3.05, 3.63) is 29.8 Å². The van der Waals surface area contributed by atoms with Crippen molar-refractivity contribution in [3.63, 3.8) is 0 Å². The maximum absolute atomic E-state index is 12.7. The molecule has 1 heterocycles. The number of hydrogen-bond donors (Lipinski definition) is 0. The SMILES string of the molecule is CCC(C)C(C)N(C(=O)C=Cc1ccc2c(c1)OCO2)C1CC1. The molecule has 0 N–H and O–H groups in total. The first-order chi connectivity index (χ1) is 11.1. The van der Waals surface area contributed by atoms with Crippen LogP contribution in [0.1, 0.15) is 45.6 Å². The molecule has 0 saturated heterocycles.